The third-order valence-electron chi connectivity index (χ3n) is 3.36. The molecule has 0 N–H and O–H groups in total. The summed E-state index contributed by atoms with van der Waals surface area (Å²) in [6.07, 6.45) is 2.44. The summed E-state index contributed by atoms with van der Waals surface area (Å²) in [6, 6.07) is 0. The molecule has 2 nitrogen and oxygen atoms in total. The molecular weight excluding hydrogens is 186 g/mol. The molecule has 0 amide bonds. The van der Waals surface area contributed by atoms with Gasteiger partial charge in [-0.15, -0.1) is 0 Å². The van der Waals surface area contributed by atoms with Crippen molar-refractivity contribution >= 4 is 0 Å². The largest absolute Gasteiger partial charge is 0.384 e. The Balaban J connectivity index is 4.89. The minimum Gasteiger partial charge on any atom is -0.384 e. The van der Waals surface area contributed by atoms with E-state index in [-0.39, 0.29) is 10.8 Å². The first-order chi connectivity index (χ1) is 6.79. The Hall–Kier alpha value is -0.0800. The van der Waals surface area contributed by atoms with Gasteiger partial charge in [-0.25, -0.2) is 0 Å². The van der Waals surface area contributed by atoms with Crippen molar-refractivity contribution in [3.63, 3.8) is 0 Å². The van der Waals surface area contributed by atoms with Crippen molar-refractivity contribution in [2.75, 3.05) is 34.4 Å². The number of nitrogens with zero attached hydrogens (tertiary/aromatic N) is 1. The van der Waals surface area contributed by atoms with Crippen molar-refractivity contribution in [3.05, 3.63) is 0 Å². The van der Waals surface area contributed by atoms with Crippen LogP contribution in [-0.2, 0) is 4.74 Å². The van der Waals surface area contributed by atoms with Crippen LogP contribution in [0.3, 0.4) is 0 Å². The number of hydrogen-bond acceptors (Lipinski definition) is 2. The summed E-state index contributed by atoms with van der Waals surface area (Å²) < 4.78 is 5.46. The van der Waals surface area contributed by atoms with Crippen molar-refractivity contribution in [1.29, 1.82) is 0 Å². The van der Waals surface area contributed by atoms with Crippen molar-refractivity contribution in [2.24, 2.45) is 10.8 Å². The smallest absolute Gasteiger partial charge is 0.0535 e. The van der Waals surface area contributed by atoms with E-state index in [1.165, 1.54) is 12.8 Å². The second-order valence-corrected chi connectivity index (χ2v) is 5.95. The van der Waals surface area contributed by atoms with Crippen LogP contribution in [0.25, 0.3) is 0 Å². The van der Waals surface area contributed by atoms with E-state index in [1.54, 1.807) is 0 Å². The highest BCUT2D eigenvalue weighted by atomic mass is 16.5. The molecule has 0 rings (SSSR count). The maximum atomic E-state index is 5.46. The molecule has 0 radical (unpaired) electrons. The van der Waals surface area contributed by atoms with Gasteiger partial charge in [-0.2, -0.15) is 0 Å². The van der Waals surface area contributed by atoms with Crippen molar-refractivity contribution in [3.8, 4) is 0 Å². The van der Waals surface area contributed by atoms with Gasteiger partial charge in [-0.3, -0.25) is 0 Å². The molecule has 0 aliphatic rings. The zero-order valence-electron chi connectivity index (χ0n) is 11.7. The maximum absolute atomic E-state index is 5.46. The summed E-state index contributed by atoms with van der Waals surface area (Å²) in [5, 5.41) is 0. The predicted molar refractivity (Wildman–Crippen MR) is 67.2 cm³/mol. The fraction of sp³-hybridized carbons (Fsp3) is 1.00. The maximum Gasteiger partial charge on any atom is 0.0535 e. The van der Waals surface area contributed by atoms with Crippen LogP contribution in [0.5, 0.6) is 0 Å². The molecule has 0 saturated heterocycles. The molecule has 0 aromatic rings. The minimum atomic E-state index is 0.264. The van der Waals surface area contributed by atoms with Crippen LogP contribution in [0.15, 0.2) is 0 Å². The fourth-order valence-electron chi connectivity index (χ4n) is 2.39. The highest BCUT2D eigenvalue weighted by Crippen LogP contribution is 2.43. The summed E-state index contributed by atoms with van der Waals surface area (Å²) in [5.74, 6) is 0. The molecule has 2 heteroatoms. The first-order valence-corrected chi connectivity index (χ1v) is 5.93. The van der Waals surface area contributed by atoms with Crippen LogP contribution >= 0.6 is 0 Å². The van der Waals surface area contributed by atoms with E-state index in [1.807, 2.05) is 7.11 Å². The van der Waals surface area contributed by atoms with E-state index >= 15 is 0 Å². The SMILES string of the molecule is CCCC(COC)(CN(C)C)C(C)(C)C. The number of hydrogen-bond donors (Lipinski definition) is 0. The van der Waals surface area contributed by atoms with Gasteiger partial charge in [-0.1, -0.05) is 34.1 Å². The predicted octanol–water partition coefficient (Wildman–Crippen LogP) is 3.03. The van der Waals surface area contributed by atoms with Crippen LogP contribution in [0.4, 0.5) is 0 Å². The average Bonchev–Trinajstić information content (AvgIpc) is 2.01. The standard InChI is InChI=1S/C13H29NO/c1-8-9-13(11-15-7,10-14(5)6)12(2,3)4/h8-11H2,1-7H3. The fourth-order valence-corrected chi connectivity index (χ4v) is 2.39. The Morgan fingerprint density at radius 1 is 1.13 bits per heavy atom. The van der Waals surface area contributed by atoms with Crippen LogP contribution in [-0.4, -0.2) is 39.3 Å². The van der Waals surface area contributed by atoms with Crippen LogP contribution in [0.2, 0.25) is 0 Å². The van der Waals surface area contributed by atoms with Gasteiger partial charge in [0.2, 0.25) is 0 Å². The molecule has 0 heterocycles. The first kappa shape index (κ1) is 14.9. The van der Waals surface area contributed by atoms with Gasteiger partial charge in [0, 0.05) is 19.1 Å². The Morgan fingerprint density at radius 2 is 1.67 bits per heavy atom. The molecule has 0 saturated carbocycles. The average molecular weight is 215 g/mol. The van der Waals surface area contributed by atoms with Gasteiger partial charge in [0.25, 0.3) is 0 Å². The highest BCUT2D eigenvalue weighted by Gasteiger charge is 2.41. The Morgan fingerprint density at radius 3 is 1.93 bits per heavy atom. The summed E-state index contributed by atoms with van der Waals surface area (Å²) in [4.78, 5) is 2.28. The zero-order valence-corrected chi connectivity index (χ0v) is 11.7. The molecule has 0 aromatic carbocycles. The van der Waals surface area contributed by atoms with Crippen LogP contribution in [0.1, 0.15) is 40.5 Å². The van der Waals surface area contributed by atoms with Gasteiger partial charge >= 0.3 is 0 Å². The van der Waals surface area contributed by atoms with E-state index in [0.29, 0.717) is 0 Å². The molecule has 0 aromatic heterocycles. The summed E-state index contributed by atoms with van der Waals surface area (Å²) in [6.45, 7) is 11.2. The van der Waals surface area contributed by atoms with Crippen LogP contribution in [0, 0.1) is 10.8 Å². The van der Waals surface area contributed by atoms with Gasteiger partial charge in [0.15, 0.2) is 0 Å². The van der Waals surface area contributed by atoms with E-state index in [9.17, 15) is 0 Å². The molecule has 1 unspecified atom stereocenters. The molecule has 0 fully saturated rings. The lowest BCUT2D eigenvalue weighted by atomic mass is 9.64. The lowest BCUT2D eigenvalue weighted by Crippen LogP contribution is -2.47. The van der Waals surface area contributed by atoms with Gasteiger partial charge in [0.05, 0.1) is 6.61 Å². The Bertz CT molecular complexity index is 164. The lowest BCUT2D eigenvalue weighted by molar-refractivity contribution is -0.0314. The Labute approximate surface area is 96.0 Å². The molecular formula is C13H29NO. The molecule has 15 heavy (non-hydrogen) atoms. The third-order valence-corrected chi connectivity index (χ3v) is 3.36. The number of ether oxygens (including phenoxy) is 1. The Kier molecular flexibility index (Phi) is 5.82. The molecule has 92 valence electrons. The monoisotopic (exact) mass is 215 g/mol. The van der Waals surface area contributed by atoms with Crippen molar-refractivity contribution in [1.82, 2.24) is 4.90 Å². The second-order valence-electron chi connectivity index (χ2n) is 5.95. The number of methoxy groups -OCH3 is 1. The van der Waals surface area contributed by atoms with Crippen molar-refractivity contribution in [2.45, 2.75) is 40.5 Å². The van der Waals surface area contributed by atoms with Gasteiger partial charge < -0.3 is 9.64 Å². The summed E-state index contributed by atoms with van der Waals surface area (Å²) >= 11 is 0. The highest BCUT2D eigenvalue weighted by molar-refractivity contribution is 4.91. The first-order valence-electron chi connectivity index (χ1n) is 5.93. The zero-order chi connectivity index (χ0) is 12.1. The molecule has 0 aliphatic carbocycles. The van der Waals surface area contributed by atoms with E-state index in [0.717, 1.165) is 13.2 Å². The third kappa shape index (κ3) is 4.12. The topological polar surface area (TPSA) is 12.5 Å². The molecule has 1 atom stereocenters. The number of rotatable bonds is 6. The van der Waals surface area contributed by atoms with Crippen molar-refractivity contribution < 1.29 is 4.74 Å². The van der Waals surface area contributed by atoms with E-state index in [4.69, 9.17) is 4.74 Å². The quantitative estimate of drug-likeness (QED) is 0.675. The van der Waals surface area contributed by atoms with Crippen LogP contribution < -0.4 is 0 Å². The van der Waals surface area contributed by atoms with Gasteiger partial charge in [-0.05, 0) is 25.9 Å². The summed E-state index contributed by atoms with van der Waals surface area (Å²) in [7, 11) is 6.10. The molecule has 0 spiro atoms. The lowest BCUT2D eigenvalue weighted by Gasteiger charge is -2.46. The molecule has 0 bridgehead atoms. The summed E-state index contributed by atoms with van der Waals surface area (Å²) in [5.41, 5.74) is 0.545. The van der Waals surface area contributed by atoms with Gasteiger partial charge in [0.1, 0.15) is 0 Å². The molecule has 0 aliphatic heterocycles. The van der Waals surface area contributed by atoms with E-state index < -0.39 is 0 Å². The van der Waals surface area contributed by atoms with E-state index in [2.05, 4.69) is 46.7 Å². The second kappa shape index (κ2) is 5.86. The normalized spacial score (nSPS) is 16.8. The minimum absolute atomic E-state index is 0.264.